The number of nitrogens with zero attached hydrogens (tertiary/aromatic N) is 3. The van der Waals surface area contributed by atoms with Crippen molar-refractivity contribution >= 4 is 33.3 Å². The second kappa shape index (κ2) is 6.56. The van der Waals surface area contributed by atoms with Crippen molar-refractivity contribution in [3.05, 3.63) is 84.2 Å². The number of benzene rings is 1. The van der Waals surface area contributed by atoms with Gasteiger partial charge in [0.15, 0.2) is 0 Å². The largest absolute Gasteiger partial charge is 0.340 e. The van der Waals surface area contributed by atoms with E-state index < -0.39 is 0 Å². The standard InChI is InChI=1S/C22H21N3O2S/c1-6-10-24-15(5)17(16-9-7-8-12(2)19(16)24)11-18-21(27)25-20(26)13(3)14(4)23-22(25)28-18/h6-9,11H,1,10H2,2-5H3/b18-11-. The number of hydrogen-bond acceptors (Lipinski definition) is 4. The van der Waals surface area contributed by atoms with Gasteiger partial charge in [-0.1, -0.05) is 35.6 Å². The van der Waals surface area contributed by atoms with Crippen LogP contribution in [0.2, 0.25) is 0 Å². The van der Waals surface area contributed by atoms with Crippen molar-refractivity contribution in [2.75, 3.05) is 0 Å². The fraction of sp³-hybridized carbons (Fsp3) is 0.227. The number of aromatic nitrogens is 3. The van der Waals surface area contributed by atoms with Crippen LogP contribution < -0.4 is 15.7 Å². The number of hydrogen-bond donors (Lipinski definition) is 0. The fourth-order valence-corrected chi connectivity index (χ4v) is 4.68. The lowest BCUT2D eigenvalue weighted by Crippen LogP contribution is -2.32. The van der Waals surface area contributed by atoms with Gasteiger partial charge in [0.25, 0.3) is 11.1 Å². The number of thiazole rings is 1. The van der Waals surface area contributed by atoms with E-state index in [4.69, 9.17) is 0 Å². The average Bonchev–Trinajstić information content (AvgIpc) is 3.10. The van der Waals surface area contributed by atoms with E-state index in [0.717, 1.165) is 22.2 Å². The Morgan fingerprint density at radius 3 is 2.61 bits per heavy atom. The van der Waals surface area contributed by atoms with Gasteiger partial charge in [-0.25, -0.2) is 9.38 Å². The minimum Gasteiger partial charge on any atom is -0.340 e. The summed E-state index contributed by atoms with van der Waals surface area (Å²) in [7, 11) is 0. The quantitative estimate of drug-likeness (QED) is 0.505. The molecule has 6 heteroatoms. The molecule has 3 aromatic heterocycles. The molecule has 4 aromatic rings. The molecule has 0 unspecified atom stereocenters. The van der Waals surface area contributed by atoms with Gasteiger partial charge in [0.05, 0.1) is 10.0 Å². The summed E-state index contributed by atoms with van der Waals surface area (Å²) in [6.45, 7) is 12.2. The summed E-state index contributed by atoms with van der Waals surface area (Å²) in [4.78, 5) is 30.4. The Balaban J connectivity index is 2.11. The van der Waals surface area contributed by atoms with Gasteiger partial charge in [0.1, 0.15) is 0 Å². The van der Waals surface area contributed by atoms with Crippen molar-refractivity contribution in [3.63, 3.8) is 0 Å². The third kappa shape index (κ3) is 2.56. The van der Waals surface area contributed by atoms with Crippen molar-refractivity contribution in [1.29, 1.82) is 0 Å². The molecule has 0 fully saturated rings. The summed E-state index contributed by atoms with van der Waals surface area (Å²) >= 11 is 1.25. The zero-order valence-corrected chi connectivity index (χ0v) is 17.2. The molecule has 0 saturated carbocycles. The first kappa shape index (κ1) is 18.4. The molecule has 5 nitrogen and oxygen atoms in total. The van der Waals surface area contributed by atoms with Crippen molar-refractivity contribution < 1.29 is 0 Å². The van der Waals surface area contributed by atoms with Crippen LogP contribution in [0.25, 0.3) is 21.9 Å². The monoisotopic (exact) mass is 391 g/mol. The summed E-state index contributed by atoms with van der Waals surface area (Å²) < 4.78 is 3.90. The predicted molar refractivity (Wildman–Crippen MR) is 115 cm³/mol. The Hall–Kier alpha value is -2.99. The van der Waals surface area contributed by atoms with Gasteiger partial charge in [0, 0.05) is 34.4 Å². The van der Waals surface area contributed by atoms with Crippen LogP contribution in [0.5, 0.6) is 0 Å². The zero-order valence-electron chi connectivity index (χ0n) is 16.4. The number of allylic oxidation sites excluding steroid dienone is 1. The average molecular weight is 391 g/mol. The highest BCUT2D eigenvalue weighted by Crippen LogP contribution is 2.29. The normalized spacial score (nSPS) is 12.4. The predicted octanol–water partition coefficient (Wildman–Crippen LogP) is 3.04. The van der Waals surface area contributed by atoms with Crippen molar-refractivity contribution in [2.45, 2.75) is 34.2 Å². The minimum atomic E-state index is -0.308. The van der Waals surface area contributed by atoms with E-state index in [1.807, 2.05) is 25.1 Å². The first-order valence-corrected chi connectivity index (χ1v) is 9.90. The van der Waals surface area contributed by atoms with Crippen molar-refractivity contribution in [1.82, 2.24) is 14.0 Å². The van der Waals surface area contributed by atoms with Crippen LogP contribution in [0.4, 0.5) is 0 Å². The van der Waals surface area contributed by atoms with Gasteiger partial charge in [0.2, 0.25) is 4.96 Å². The Bertz CT molecular complexity index is 1440. The summed E-state index contributed by atoms with van der Waals surface area (Å²) in [5, 5.41) is 1.09. The summed E-state index contributed by atoms with van der Waals surface area (Å²) in [6.07, 6.45) is 3.76. The van der Waals surface area contributed by atoms with Gasteiger partial charge >= 0.3 is 0 Å². The molecule has 142 valence electrons. The van der Waals surface area contributed by atoms with Gasteiger partial charge in [-0.05, 0) is 39.3 Å². The van der Waals surface area contributed by atoms with E-state index in [1.54, 1.807) is 13.8 Å². The molecule has 0 amide bonds. The first-order chi connectivity index (χ1) is 13.3. The molecule has 0 aliphatic rings. The van der Waals surface area contributed by atoms with Crippen LogP contribution in [-0.4, -0.2) is 14.0 Å². The first-order valence-electron chi connectivity index (χ1n) is 9.09. The van der Waals surface area contributed by atoms with Gasteiger partial charge in [-0.2, -0.15) is 0 Å². The highest BCUT2D eigenvalue weighted by Gasteiger charge is 2.16. The molecule has 0 atom stereocenters. The Kier molecular flexibility index (Phi) is 4.31. The number of aryl methyl sites for hydroxylation is 2. The van der Waals surface area contributed by atoms with Crippen LogP contribution in [0.3, 0.4) is 0 Å². The highest BCUT2D eigenvalue weighted by molar-refractivity contribution is 7.15. The van der Waals surface area contributed by atoms with Gasteiger partial charge in [-0.3, -0.25) is 9.59 Å². The minimum absolute atomic E-state index is 0.287. The highest BCUT2D eigenvalue weighted by atomic mass is 32.1. The number of fused-ring (bicyclic) bond motifs is 2. The summed E-state index contributed by atoms with van der Waals surface area (Å²) in [6, 6.07) is 6.17. The van der Waals surface area contributed by atoms with Crippen LogP contribution >= 0.6 is 11.3 Å². The third-order valence-corrected chi connectivity index (χ3v) is 6.28. The lowest BCUT2D eigenvalue weighted by Gasteiger charge is -2.06. The third-order valence-electron chi connectivity index (χ3n) is 5.32. The molecule has 0 radical (unpaired) electrons. The number of para-hydroxylation sites is 1. The maximum absolute atomic E-state index is 12.9. The lowest BCUT2D eigenvalue weighted by atomic mass is 10.1. The zero-order chi connectivity index (χ0) is 20.2. The van der Waals surface area contributed by atoms with Gasteiger partial charge in [-0.15, -0.1) is 6.58 Å². The second-order valence-electron chi connectivity index (χ2n) is 7.03. The van der Waals surface area contributed by atoms with Crippen molar-refractivity contribution in [3.8, 4) is 0 Å². The molecular formula is C22H21N3O2S. The van der Waals surface area contributed by atoms with E-state index in [0.29, 0.717) is 27.3 Å². The molecule has 0 aliphatic carbocycles. The van der Waals surface area contributed by atoms with Gasteiger partial charge < -0.3 is 4.57 Å². The molecule has 0 saturated heterocycles. The van der Waals surface area contributed by atoms with Crippen LogP contribution in [0.1, 0.15) is 28.1 Å². The second-order valence-corrected chi connectivity index (χ2v) is 8.04. The number of rotatable bonds is 3. The molecule has 0 spiro atoms. The molecule has 0 N–H and O–H groups in total. The SMILES string of the molecule is C=CCn1c(C)c(/C=c2\sc3nc(C)c(C)c(=O)n3c2=O)c2cccc(C)c21. The topological polar surface area (TPSA) is 56.4 Å². The molecule has 0 bridgehead atoms. The lowest BCUT2D eigenvalue weighted by molar-refractivity contribution is 0.825. The van der Waals surface area contributed by atoms with E-state index >= 15 is 0 Å². The molecule has 0 aliphatic heterocycles. The van der Waals surface area contributed by atoms with Crippen molar-refractivity contribution in [2.24, 2.45) is 0 Å². The van der Waals surface area contributed by atoms with Crippen LogP contribution in [0, 0.1) is 27.7 Å². The smallest absolute Gasteiger partial charge is 0.277 e. The fourth-order valence-electron chi connectivity index (χ4n) is 3.69. The summed E-state index contributed by atoms with van der Waals surface area (Å²) in [5.74, 6) is 0. The van der Waals surface area contributed by atoms with Crippen LogP contribution in [-0.2, 0) is 6.54 Å². The molecule has 28 heavy (non-hydrogen) atoms. The maximum atomic E-state index is 12.9. The van der Waals surface area contributed by atoms with E-state index in [1.165, 1.54) is 21.3 Å². The Morgan fingerprint density at radius 1 is 1.14 bits per heavy atom. The summed E-state index contributed by atoms with van der Waals surface area (Å²) in [5.41, 5.74) is 4.94. The Morgan fingerprint density at radius 2 is 1.89 bits per heavy atom. The maximum Gasteiger partial charge on any atom is 0.277 e. The van der Waals surface area contributed by atoms with E-state index in [9.17, 15) is 9.59 Å². The molecular weight excluding hydrogens is 370 g/mol. The Labute approximate surface area is 165 Å². The van der Waals surface area contributed by atoms with Crippen LogP contribution in [0.15, 0.2) is 40.4 Å². The molecule has 4 rings (SSSR count). The van der Waals surface area contributed by atoms with E-state index in [2.05, 4.69) is 35.2 Å². The molecule has 3 heterocycles. The van der Waals surface area contributed by atoms with E-state index in [-0.39, 0.29) is 11.1 Å². The molecule has 1 aromatic carbocycles.